The zero-order valence-corrected chi connectivity index (χ0v) is 37.1. The van der Waals surface area contributed by atoms with E-state index in [1.165, 1.54) is 0 Å². The van der Waals surface area contributed by atoms with Crippen LogP contribution in [0.3, 0.4) is 0 Å². The molecule has 0 spiro atoms. The minimum Gasteiger partial charge on any atom is -0.723 e. The van der Waals surface area contributed by atoms with Crippen LogP contribution in [0.4, 0.5) is 0 Å². The van der Waals surface area contributed by atoms with Crippen LogP contribution in [0, 0.1) is 0 Å². The minimum absolute atomic E-state index is 0. The van der Waals surface area contributed by atoms with E-state index >= 15 is 0 Å². The van der Waals surface area contributed by atoms with Crippen LogP contribution in [0.2, 0.25) is 0 Å². The van der Waals surface area contributed by atoms with Gasteiger partial charge in [0, 0.05) is 24.3 Å². The van der Waals surface area contributed by atoms with Crippen molar-refractivity contribution in [2.45, 2.75) is 157 Å². The average molecular weight is 826 g/mol. The van der Waals surface area contributed by atoms with E-state index in [0.29, 0.717) is 85.3 Å². The quantitative estimate of drug-likeness (QED) is 0.0466. The number of ether oxygens (including phenoxy) is 6. The second-order valence-corrected chi connectivity index (χ2v) is 14.0. The standard InChI is InChI=1S/2C21H36O5.Zr/c2*1-6-9-12-23-17-15-18(24-13-10-7-2)20(21(4,5)26-22)19(16-17)25-14-11-8-3;/h2*15-16,22H,6-14H2,1-5H3;/q;;+2/p-2. The molecule has 0 heterocycles. The van der Waals surface area contributed by atoms with Crippen molar-refractivity contribution in [3.8, 4) is 34.5 Å². The summed E-state index contributed by atoms with van der Waals surface area (Å²) in [6.45, 7) is 23.2. The van der Waals surface area contributed by atoms with Gasteiger partial charge >= 0.3 is 26.2 Å². The van der Waals surface area contributed by atoms with E-state index in [1.54, 1.807) is 27.7 Å². The Morgan fingerprint density at radius 1 is 0.396 bits per heavy atom. The normalized spacial score (nSPS) is 11.2. The summed E-state index contributed by atoms with van der Waals surface area (Å²) in [7, 11) is 0. The largest absolute Gasteiger partial charge is 2.00 e. The number of hydrogen-bond donors (Lipinski definition) is 0. The van der Waals surface area contributed by atoms with E-state index in [-0.39, 0.29) is 26.2 Å². The van der Waals surface area contributed by atoms with Gasteiger partial charge in [0.1, 0.15) is 34.5 Å². The van der Waals surface area contributed by atoms with Crippen LogP contribution in [0.15, 0.2) is 24.3 Å². The molecule has 0 aromatic heterocycles. The summed E-state index contributed by atoms with van der Waals surface area (Å²) in [5, 5.41) is 22.7. The summed E-state index contributed by atoms with van der Waals surface area (Å²) >= 11 is 0. The van der Waals surface area contributed by atoms with Crippen molar-refractivity contribution >= 4 is 0 Å². The van der Waals surface area contributed by atoms with E-state index in [0.717, 1.165) is 77.0 Å². The molecule has 0 bridgehead atoms. The van der Waals surface area contributed by atoms with Crippen LogP contribution in [0.25, 0.3) is 0 Å². The molecule has 2 rings (SSSR count). The van der Waals surface area contributed by atoms with Crippen LogP contribution in [-0.2, 0) is 47.2 Å². The molecule has 0 atom stereocenters. The monoisotopic (exact) mass is 824 g/mol. The van der Waals surface area contributed by atoms with Crippen LogP contribution in [0.5, 0.6) is 34.5 Å². The van der Waals surface area contributed by atoms with Gasteiger partial charge in [-0.3, -0.25) is 0 Å². The maximum Gasteiger partial charge on any atom is 2.00 e. The molecular weight excluding hydrogens is 756 g/mol. The Labute approximate surface area is 340 Å². The zero-order valence-electron chi connectivity index (χ0n) is 34.6. The molecule has 0 aliphatic rings. The first kappa shape index (κ1) is 51.0. The minimum atomic E-state index is -1.06. The molecule has 11 heteroatoms. The number of unbranched alkanes of at least 4 members (excludes halogenated alkanes) is 6. The SMILES string of the molecule is CCCCOc1cc(OCCCC)c(C(C)(C)O[O-])c(OCCCC)c1.CCCCOc1cc(OCCCC)c(C(C)(C)O[O-])c(OCCCC)c1.[Zr+2]. The van der Waals surface area contributed by atoms with Crippen molar-refractivity contribution in [3.05, 3.63) is 35.4 Å². The van der Waals surface area contributed by atoms with Gasteiger partial charge in [-0.05, 0) is 66.2 Å². The Morgan fingerprint density at radius 3 is 0.792 bits per heavy atom. The summed E-state index contributed by atoms with van der Waals surface area (Å²) in [4.78, 5) is 9.01. The van der Waals surface area contributed by atoms with Crippen molar-refractivity contribution in [3.63, 3.8) is 0 Å². The van der Waals surface area contributed by atoms with Gasteiger partial charge in [0.15, 0.2) is 0 Å². The maximum atomic E-state index is 11.4. The van der Waals surface area contributed by atoms with E-state index in [1.807, 2.05) is 24.3 Å². The molecule has 0 fully saturated rings. The van der Waals surface area contributed by atoms with Crippen LogP contribution >= 0.6 is 0 Å². The molecule has 0 aliphatic heterocycles. The second kappa shape index (κ2) is 29.3. The molecule has 0 radical (unpaired) electrons. The van der Waals surface area contributed by atoms with Gasteiger partial charge in [0.2, 0.25) is 0 Å². The van der Waals surface area contributed by atoms with E-state index in [9.17, 15) is 10.5 Å². The van der Waals surface area contributed by atoms with E-state index < -0.39 is 11.2 Å². The van der Waals surface area contributed by atoms with Gasteiger partial charge in [0.05, 0.1) is 62.0 Å². The summed E-state index contributed by atoms with van der Waals surface area (Å²) in [6.07, 6.45) is 12.0. The Balaban J connectivity index is 0.00000100. The zero-order chi connectivity index (χ0) is 38.8. The summed E-state index contributed by atoms with van der Waals surface area (Å²) in [6, 6.07) is 7.37. The van der Waals surface area contributed by atoms with Crippen molar-refractivity contribution in [2.75, 3.05) is 39.6 Å². The smallest absolute Gasteiger partial charge is 0.723 e. The summed E-state index contributed by atoms with van der Waals surface area (Å²) in [5.74, 6) is 3.78. The average Bonchev–Trinajstić information content (AvgIpc) is 3.12. The van der Waals surface area contributed by atoms with Gasteiger partial charge < -0.3 is 48.7 Å². The molecule has 0 N–H and O–H groups in total. The van der Waals surface area contributed by atoms with Gasteiger partial charge in [-0.1, -0.05) is 80.1 Å². The first-order valence-corrected chi connectivity index (χ1v) is 19.8. The number of hydrogen-bond acceptors (Lipinski definition) is 10. The first-order chi connectivity index (χ1) is 25.0. The van der Waals surface area contributed by atoms with Gasteiger partial charge in [0.25, 0.3) is 0 Å². The molecule has 0 saturated carbocycles. The third-order valence-corrected chi connectivity index (χ3v) is 8.25. The van der Waals surface area contributed by atoms with Crippen LogP contribution in [0.1, 0.15) is 157 Å². The summed E-state index contributed by atoms with van der Waals surface area (Å²) < 4.78 is 35.6. The predicted octanol–water partition coefficient (Wildman–Crippen LogP) is 9.50. The number of benzene rings is 2. The van der Waals surface area contributed by atoms with Gasteiger partial charge in [-0.2, -0.15) is 0 Å². The maximum absolute atomic E-state index is 11.4. The molecule has 0 saturated heterocycles. The van der Waals surface area contributed by atoms with Crippen LogP contribution < -0.4 is 38.9 Å². The van der Waals surface area contributed by atoms with Crippen molar-refractivity contribution < 1.29 is 74.9 Å². The molecule has 10 nitrogen and oxygen atoms in total. The van der Waals surface area contributed by atoms with E-state index in [4.69, 9.17) is 28.4 Å². The summed E-state index contributed by atoms with van der Waals surface area (Å²) in [5.41, 5.74) is -0.846. The van der Waals surface area contributed by atoms with Crippen molar-refractivity contribution in [2.24, 2.45) is 0 Å². The number of rotatable bonds is 28. The third kappa shape index (κ3) is 18.9. The fraction of sp³-hybridized carbons (Fsp3) is 0.714. The Bertz CT molecular complexity index is 1060. The second-order valence-electron chi connectivity index (χ2n) is 14.0. The van der Waals surface area contributed by atoms with Gasteiger partial charge in [-0.15, -0.1) is 0 Å². The van der Waals surface area contributed by atoms with Crippen LogP contribution in [-0.4, -0.2) is 39.6 Å². The molecule has 0 amide bonds. The molecule has 302 valence electrons. The molecule has 0 unspecified atom stereocenters. The van der Waals surface area contributed by atoms with E-state index in [2.05, 4.69) is 51.3 Å². The Kier molecular flexibility index (Phi) is 28.2. The Hall–Kier alpha value is -2.04. The first-order valence-electron chi connectivity index (χ1n) is 19.8. The predicted molar refractivity (Wildman–Crippen MR) is 204 cm³/mol. The third-order valence-electron chi connectivity index (χ3n) is 8.25. The van der Waals surface area contributed by atoms with Crippen molar-refractivity contribution in [1.29, 1.82) is 0 Å². The fourth-order valence-corrected chi connectivity index (χ4v) is 5.00. The molecular formula is C42H70O10Zr. The van der Waals surface area contributed by atoms with Gasteiger partial charge in [-0.25, -0.2) is 0 Å². The Morgan fingerprint density at radius 2 is 0.604 bits per heavy atom. The molecule has 2 aromatic rings. The fourth-order valence-electron chi connectivity index (χ4n) is 5.00. The van der Waals surface area contributed by atoms with Crippen molar-refractivity contribution in [1.82, 2.24) is 0 Å². The molecule has 0 aliphatic carbocycles. The topological polar surface area (TPSA) is 120 Å². The molecule has 53 heavy (non-hydrogen) atoms. The molecule has 2 aromatic carbocycles.